The van der Waals surface area contributed by atoms with Gasteiger partial charge in [-0.15, -0.1) is 0 Å². The molecule has 1 N–H and O–H groups in total. The molecule has 100 valence electrons. The van der Waals surface area contributed by atoms with Crippen molar-refractivity contribution in [2.45, 2.75) is 26.8 Å². The van der Waals surface area contributed by atoms with Crippen molar-refractivity contribution < 1.29 is 9.21 Å². The van der Waals surface area contributed by atoms with E-state index in [1.54, 1.807) is 19.1 Å². The van der Waals surface area contributed by atoms with Crippen LogP contribution in [0.4, 0.5) is 0 Å². The van der Waals surface area contributed by atoms with Crippen molar-refractivity contribution in [2.75, 3.05) is 0 Å². The van der Waals surface area contributed by atoms with Gasteiger partial charge in [-0.2, -0.15) is 0 Å². The number of rotatable bonds is 4. The van der Waals surface area contributed by atoms with E-state index in [4.69, 9.17) is 16.0 Å². The molecule has 1 amide bonds. The third-order valence-corrected chi connectivity index (χ3v) is 2.98. The third-order valence-electron chi connectivity index (χ3n) is 2.72. The topological polar surface area (TPSA) is 55.1 Å². The lowest BCUT2D eigenvalue weighted by Gasteiger charge is -2.04. The number of benzene rings is 1. The zero-order chi connectivity index (χ0) is 13.8. The Balaban J connectivity index is 1.88. The highest BCUT2D eigenvalue weighted by molar-refractivity contribution is 6.30. The molecule has 5 heteroatoms. The van der Waals surface area contributed by atoms with Crippen LogP contribution < -0.4 is 5.32 Å². The first-order valence-electron chi connectivity index (χ1n) is 5.98. The second-order valence-corrected chi connectivity index (χ2v) is 4.76. The molecule has 1 aromatic carbocycles. The Morgan fingerprint density at radius 2 is 2.00 bits per heavy atom. The van der Waals surface area contributed by atoms with Crippen LogP contribution in [0.25, 0.3) is 0 Å². The molecule has 0 radical (unpaired) electrons. The fourth-order valence-corrected chi connectivity index (χ4v) is 1.89. The van der Waals surface area contributed by atoms with Crippen LogP contribution >= 0.6 is 11.6 Å². The minimum Gasteiger partial charge on any atom is -0.444 e. The molecular formula is C14H15ClN2O2. The molecule has 1 heterocycles. The fraction of sp³-hybridized carbons (Fsp3) is 0.286. The van der Waals surface area contributed by atoms with Gasteiger partial charge in [0.15, 0.2) is 5.89 Å². The van der Waals surface area contributed by atoms with Crippen LogP contribution in [0.15, 0.2) is 28.7 Å². The number of amides is 1. The summed E-state index contributed by atoms with van der Waals surface area (Å²) >= 11 is 5.79. The van der Waals surface area contributed by atoms with Gasteiger partial charge in [-0.05, 0) is 24.6 Å². The maximum atomic E-state index is 11.8. The number of aryl methyl sites for hydroxylation is 2. The molecule has 2 aromatic rings. The van der Waals surface area contributed by atoms with E-state index in [1.165, 1.54) is 0 Å². The molecular weight excluding hydrogens is 264 g/mol. The summed E-state index contributed by atoms with van der Waals surface area (Å²) in [6, 6.07) is 7.22. The lowest BCUT2D eigenvalue weighted by Crippen LogP contribution is -2.24. The Bertz CT molecular complexity index is 576. The van der Waals surface area contributed by atoms with E-state index in [-0.39, 0.29) is 5.91 Å². The third kappa shape index (κ3) is 3.83. The smallest absolute Gasteiger partial charge is 0.224 e. The van der Waals surface area contributed by atoms with E-state index in [9.17, 15) is 4.79 Å². The molecule has 0 atom stereocenters. The summed E-state index contributed by atoms with van der Waals surface area (Å²) in [6.07, 6.45) is 0.323. The first kappa shape index (κ1) is 13.6. The highest BCUT2D eigenvalue weighted by Crippen LogP contribution is 2.11. The molecule has 0 spiro atoms. The number of carbonyl (C=O) groups excluding carboxylic acids is 1. The van der Waals surface area contributed by atoms with Gasteiger partial charge >= 0.3 is 0 Å². The van der Waals surface area contributed by atoms with Crippen molar-refractivity contribution in [3.8, 4) is 0 Å². The molecule has 0 saturated heterocycles. The van der Waals surface area contributed by atoms with E-state index in [0.29, 0.717) is 29.6 Å². The molecule has 0 fully saturated rings. The highest BCUT2D eigenvalue weighted by Gasteiger charge is 2.09. The Hall–Kier alpha value is -1.81. The summed E-state index contributed by atoms with van der Waals surface area (Å²) in [6.45, 7) is 4.00. The monoisotopic (exact) mass is 278 g/mol. The summed E-state index contributed by atoms with van der Waals surface area (Å²) < 4.78 is 5.39. The van der Waals surface area contributed by atoms with Crippen molar-refractivity contribution in [1.29, 1.82) is 0 Å². The number of hydrogen-bond donors (Lipinski definition) is 1. The number of nitrogens with zero attached hydrogens (tertiary/aromatic N) is 1. The first-order chi connectivity index (χ1) is 9.04. The van der Waals surface area contributed by atoms with Crippen molar-refractivity contribution in [2.24, 2.45) is 0 Å². The summed E-state index contributed by atoms with van der Waals surface area (Å²) in [5.74, 6) is 1.25. The predicted molar refractivity (Wildman–Crippen MR) is 73.0 cm³/mol. The van der Waals surface area contributed by atoms with Crippen LogP contribution in [0.3, 0.4) is 0 Å². The van der Waals surface area contributed by atoms with Gasteiger partial charge in [-0.3, -0.25) is 4.79 Å². The fourth-order valence-electron chi connectivity index (χ4n) is 1.77. The van der Waals surface area contributed by atoms with Gasteiger partial charge in [0.25, 0.3) is 0 Å². The van der Waals surface area contributed by atoms with Gasteiger partial charge in [0, 0.05) is 11.9 Å². The lowest BCUT2D eigenvalue weighted by molar-refractivity contribution is -0.120. The van der Waals surface area contributed by atoms with Crippen LogP contribution in [0.1, 0.15) is 22.9 Å². The van der Waals surface area contributed by atoms with Gasteiger partial charge in [0.05, 0.1) is 18.7 Å². The van der Waals surface area contributed by atoms with Gasteiger partial charge < -0.3 is 9.73 Å². The van der Waals surface area contributed by atoms with Crippen molar-refractivity contribution >= 4 is 17.5 Å². The van der Waals surface area contributed by atoms with E-state index < -0.39 is 0 Å². The SMILES string of the molecule is Cc1nc(C)c(CNC(=O)Cc2ccc(Cl)cc2)o1. The number of oxazole rings is 1. The molecule has 19 heavy (non-hydrogen) atoms. The Morgan fingerprint density at radius 1 is 1.32 bits per heavy atom. The standard InChI is InChI=1S/C14H15ClN2O2/c1-9-13(19-10(2)17-9)8-16-14(18)7-11-3-5-12(15)6-4-11/h3-6H,7-8H2,1-2H3,(H,16,18). The van der Waals surface area contributed by atoms with Crippen LogP contribution in [0, 0.1) is 13.8 Å². The predicted octanol–water partition coefficient (Wildman–Crippen LogP) is 2.80. The Kier molecular flexibility index (Phi) is 4.22. The Labute approximate surface area is 116 Å². The molecule has 2 rings (SSSR count). The summed E-state index contributed by atoms with van der Waals surface area (Å²) in [5.41, 5.74) is 1.73. The molecule has 0 aliphatic rings. The summed E-state index contributed by atoms with van der Waals surface area (Å²) in [5, 5.41) is 3.47. The molecule has 0 aliphatic carbocycles. The van der Waals surface area contributed by atoms with Gasteiger partial charge in [-0.1, -0.05) is 23.7 Å². The van der Waals surface area contributed by atoms with Gasteiger partial charge in [0.2, 0.25) is 5.91 Å². The average Bonchev–Trinajstić information content (AvgIpc) is 2.68. The average molecular weight is 279 g/mol. The van der Waals surface area contributed by atoms with Crippen molar-refractivity contribution in [3.05, 3.63) is 52.2 Å². The zero-order valence-electron chi connectivity index (χ0n) is 10.9. The molecule has 0 bridgehead atoms. The van der Waals surface area contributed by atoms with E-state index in [2.05, 4.69) is 10.3 Å². The molecule has 0 unspecified atom stereocenters. The van der Waals surface area contributed by atoms with Crippen molar-refractivity contribution in [3.63, 3.8) is 0 Å². The van der Waals surface area contributed by atoms with Crippen molar-refractivity contribution in [1.82, 2.24) is 10.3 Å². The van der Waals surface area contributed by atoms with Gasteiger partial charge in [-0.25, -0.2) is 4.98 Å². The Morgan fingerprint density at radius 3 is 2.58 bits per heavy atom. The summed E-state index contributed by atoms with van der Waals surface area (Å²) in [4.78, 5) is 15.9. The lowest BCUT2D eigenvalue weighted by atomic mass is 10.1. The number of nitrogens with one attached hydrogen (secondary N) is 1. The number of carbonyl (C=O) groups is 1. The molecule has 4 nitrogen and oxygen atoms in total. The second kappa shape index (κ2) is 5.89. The highest BCUT2D eigenvalue weighted by atomic mass is 35.5. The quantitative estimate of drug-likeness (QED) is 0.936. The summed E-state index contributed by atoms with van der Waals surface area (Å²) in [7, 11) is 0. The minimum atomic E-state index is -0.0595. The first-order valence-corrected chi connectivity index (χ1v) is 6.36. The van der Waals surface area contributed by atoms with Crippen LogP contribution in [0.5, 0.6) is 0 Å². The molecule has 0 saturated carbocycles. The second-order valence-electron chi connectivity index (χ2n) is 4.32. The minimum absolute atomic E-state index is 0.0595. The normalized spacial score (nSPS) is 10.5. The number of hydrogen-bond acceptors (Lipinski definition) is 3. The van der Waals surface area contributed by atoms with E-state index >= 15 is 0 Å². The van der Waals surface area contributed by atoms with Crippen LogP contribution in [-0.4, -0.2) is 10.9 Å². The molecule has 1 aromatic heterocycles. The van der Waals surface area contributed by atoms with E-state index in [1.807, 2.05) is 19.1 Å². The maximum Gasteiger partial charge on any atom is 0.224 e. The van der Waals surface area contributed by atoms with E-state index in [0.717, 1.165) is 11.3 Å². The zero-order valence-corrected chi connectivity index (χ0v) is 11.6. The van der Waals surface area contributed by atoms with Gasteiger partial charge in [0.1, 0.15) is 5.76 Å². The van der Waals surface area contributed by atoms with Crippen LogP contribution in [0.2, 0.25) is 5.02 Å². The molecule has 0 aliphatic heterocycles. The largest absolute Gasteiger partial charge is 0.444 e. The number of aromatic nitrogens is 1. The maximum absolute atomic E-state index is 11.8. The number of halogens is 1. The van der Waals surface area contributed by atoms with Crippen LogP contribution in [-0.2, 0) is 17.8 Å².